The van der Waals surface area contributed by atoms with Crippen LogP contribution in [0.25, 0.3) is 0 Å². The van der Waals surface area contributed by atoms with Crippen LogP contribution in [0.4, 0.5) is 5.69 Å². The predicted molar refractivity (Wildman–Crippen MR) is 131 cm³/mol. The Labute approximate surface area is 204 Å². The summed E-state index contributed by atoms with van der Waals surface area (Å²) in [6, 6.07) is 17.3. The van der Waals surface area contributed by atoms with Gasteiger partial charge in [-0.05, 0) is 60.9 Å². The summed E-state index contributed by atoms with van der Waals surface area (Å²) < 4.78 is 28.6. The summed E-state index contributed by atoms with van der Waals surface area (Å²) in [5, 5.41) is 10.9. The van der Waals surface area contributed by atoms with Crippen molar-refractivity contribution >= 4 is 27.5 Å². The van der Waals surface area contributed by atoms with Crippen LogP contribution in [-0.4, -0.2) is 37.7 Å². The van der Waals surface area contributed by atoms with Gasteiger partial charge in [-0.1, -0.05) is 18.2 Å². The number of benzene rings is 2. The van der Waals surface area contributed by atoms with Gasteiger partial charge in [0.2, 0.25) is 15.9 Å². The molecule has 2 aromatic carbocycles. The maximum Gasteiger partial charge on any atom is 0.251 e. The molecule has 4 rings (SSSR count). The molecule has 0 bridgehead atoms. The van der Waals surface area contributed by atoms with Gasteiger partial charge in [0.15, 0.2) is 0 Å². The zero-order valence-electron chi connectivity index (χ0n) is 19.1. The normalized spacial score (nSPS) is 13.5. The van der Waals surface area contributed by atoms with Crippen molar-refractivity contribution in [2.45, 2.75) is 43.3 Å². The van der Waals surface area contributed by atoms with E-state index < -0.39 is 10.0 Å². The second-order valence-electron chi connectivity index (χ2n) is 8.61. The van der Waals surface area contributed by atoms with E-state index in [2.05, 4.69) is 15.5 Å². The first-order valence-corrected chi connectivity index (χ1v) is 12.9. The topological polar surface area (TPSA) is 135 Å². The van der Waals surface area contributed by atoms with Crippen LogP contribution in [0, 0.1) is 0 Å². The van der Waals surface area contributed by atoms with Crippen LogP contribution in [0.5, 0.6) is 0 Å². The minimum atomic E-state index is -3.86. The number of hydrogen-bond acceptors (Lipinski definition) is 6. The van der Waals surface area contributed by atoms with E-state index in [1.807, 2.05) is 36.4 Å². The summed E-state index contributed by atoms with van der Waals surface area (Å²) >= 11 is 0. The number of rotatable bonds is 11. The highest BCUT2D eigenvalue weighted by atomic mass is 32.2. The summed E-state index contributed by atoms with van der Waals surface area (Å²) in [6.07, 6.45) is 3.86. The number of primary sulfonamides is 1. The highest BCUT2D eigenvalue weighted by molar-refractivity contribution is 7.89. The monoisotopic (exact) mass is 496 g/mol. The molecule has 1 heterocycles. The van der Waals surface area contributed by atoms with Crippen molar-refractivity contribution in [2.24, 2.45) is 5.14 Å². The molecule has 0 aliphatic heterocycles. The average molecular weight is 497 g/mol. The highest BCUT2D eigenvalue weighted by Gasteiger charge is 2.23. The Morgan fingerprint density at radius 3 is 2.46 bits per heavy atom. The molecule has 0 spiro atoms. The number of furan rings is 1. The summed E-state index contributed by atoms with van der Waals surface area (Å²) in [4.78, 5) is 26.8. The minimum Gasteiger partial charge on any atom is -0.468 e. The van der Waals surface area contributed by atoms with E-state index in [1.54, 1.807) is 12.3 Å². The molecule has 4 N–H and O–H groups in total. The lowest BCUT2D eigenvalue weighted by molar-refractivity contribution is -0.116. The SMILES string of the molecule is NS(=O)(=O)c1cccc(NC(=O)CCN(Cc2ccc(C(=O)NC3CC3)cc2)Cc2ccco2)c1. The first-order valence-electron chi connectivity index (χ1n) is 11.3. The molecule has 1 aromatic heterocycles. The van der Waals surface area contributed by atoms with Gasteiger partial charge >= 0.3 is 0 Å². The molecule has 184 valence electrons. The van der Waals surface area contributed by atoms with Crippen molar-refractivity contribution in [2.75, 3.05) is 11.9 Å². The van der Waals surface area contributed by atoms with Crippen LogP contribution in [-0.2, 0) is 27.9 Å². The summed E-state index contributed by atoms with van der Waals surface area (Å²) in [6.45, 7) is 1.50. The van der Waals surface area contributed by atoms with Crippen LogP contribution in [0.2, 0.25) is 0 Å². The molecule has 1 aliphatic carbocycles. The molecular weight excluding hydrogens is 468 g/mol. The fourth-order valence-electron chi connectivity index (χ4n) is 3.59. The number of hydrogen-bond donors (Lipinski definition) is 3. The van der Waals surface area contributed by atoms with E-state index in [-0.39, 0.29) is 23.1 Å². The first kappa shape index (κ1) is 24.6. The molecule has 10 heteroatoms. The van der Waals surface area contributed by atoms with E-state index in [0.717, 1.165) is 24.2 Å². The molecule has 1 saturated carbocycles. The Morgan fingerprint density at radius 2 is 1.80 bits per heavy atom. The Morgan fingerprint density at radius 1 is 1.03 bits per heavy atom. The number of nitrogens with one attached hydrogen (secondary N) is 2. The molecule has 3 aromatic rings. The lowest BCUT2D eigenvalue weighted by atomic mass is 10.1. The summed E-state index contributed by atoms with van der Waals surface area (Å²) in [7, 11) is -3.86. The van der Waals surface area contributed by atoms with Gasteiger partial charge in [0.1, 0.15) is 5.76 Å². The van der Waals surface area contributed by atoms with Crippen molar-refractivity contribution in [3.63, 3.8) is 0 Å². The van der Waals surface area contributed by atoms with Gasteiger partial charge in [-0.25, -0.2) is 13.6 Å². The standard InChI is InChI=1S/C25H28N4O5S/c26-35(32,33)23-5-1-3-21(15-23)27-24(30)12-13-29(17-22-4-2-14-34-22)16-18-6-8-19(9-7-18)25(31)28-20-10-11-20/h1-9,14-15,20H,10-13,16-17H2,(H,27,30)(H,28,31)(H2,26,32,33). The molecule has 35 heavy (non-hydrogen) atoms. The van der Waals surface area contributed by atoms with Crippen LogP contribution < -0.4 is 15.8 Å². The Hall–Kier alpha value is -3.47. The first-order chi connectivity index (χ1) is 16.8. The Kier molecular flexibility index (Phi) is 7.64. The number of amides is 2. The zero-order valence-corrected chi connectivity index (χ0v) is 20.0. The third kappa shape index (κ3) is 7.51. The molecule has 2 amide bonds. The van der Waals surface area contributed by atoms with Gasteiger partial charge in [-0.2, -0.15) is 0 Å². The number of nitrogens with two attached hydrogens (primary N) is 1. The molecule has 0 radical (unpaired) electrons. The van der Waals surface area contributed by atoms with E-state index in [1.165, 1.54) is 18.2 Å². The van der Waals surface area contributed by atoms with E-state index in [9.17, 15) is 18.0 Å². The van der Waals surface area contributed by atoms with Gasteiger partial charge in [-0.3, -0.25) is 14.5 Å². The Balaban J connectivity index is 1.37. The van der Waals surface area contributed by atoms with Crippen molar-refractivity contribution in [3.05, 3.63) is 83.8 Å². The van der Waals surface area contributed by atoms with Crippen molar-refractivity contribution < 1.29 is 22.4 Å². The van der Waals surface area contributed by atoms with Crippen LogP contribution in [0.3, 0.4) is 0 Å². The maximum absolute atomic E-state index is 12.6. The maximum atomic E-state index is 12.6. The molecule has 0 atom stereocenters. The third-order valence-electron chi connectivity index (χ3n) is 5.60. The lowest BCUT2D eigenvalue weighted by Crippen LogP contribution is -2.27. The molecule has 9 nitrogen and oxygen atoms in total. The van der Waals surface area contributed by atoms with Gasteiger partial charge < -0.3 is 15.1 Å². The van der Waals surface area contributed by atoms with Crippen molar-refractivity contribution in [1.82, 2.24) is 10.2 Å². The number of carbonyl (C=O) groups is 2. The average Bonchev–Trinajstić information content (AvgIpc) is 3.49. The van der Waals surface area contributed by atoms with E-state index in [4.69, 9.17) is 9.56 Å². The zero-order chi connectivity index (χ0) is 24.8. The predicted octanol–water partition coefficient (Wildman–Crippen LogP) is 2.85. The third-order valence-corrected chi connectivity index (χ3v) is 6.51. The van der Waals surface area contributed by atoms with E-state index >= 15 is 0 Å². The molecule has 1 aliphatic rings. The van der Waals surface area contributed by atoms with Crippen LogP contribution >= 0.6 is 0 Å². The molecular formula is C25H28N4O5S. The summed E-state index contributed by atoms with van der Waals surface area (Å²) in [5.74, 6) is 0.453. The number of carbonyl (C=O) groups excluding carboxylic acids is 2. The molecule has 0 unspecified atom stereocenters. The number of sulfonamides is 1. The Bertz CT molecular complexity index is 1270. The van der Waals surface area contributed by atoms with Crippen molar-refractivity contribution in [3.8, 4) is 0 Å². The van der Waals surface area contributed by atoms with Crippen LogP contribution in [0.1, 0.15) is 40.9 Å². The number of anilines is 1. The van der Waals surface area contributed by atoms with Gasteiger partial charge in [0.05, 0.1) is 17.7 Å². The molecule has 0 saturated heterocycles. The quantitative estimate of drug-likeness (QED) is 0.374. The van der Waals surface area contributed by atoms with Gasteiger partial charge in [0, 0.05) is 36.8 Å². The van der Waals surface area contributed by atoms with E-state index in [0.29, 0.717) is 36.9 Å². The molecule has 1 fully saturated rings. The van der Waals surface area contributed by atoms with Gasteiger partial charge in [-0.15, -0.1) is 0 Å². The fraction of sp³-hybridized carbons (Fsp3) is 0.280. The smallest absolute Gasteiger partial charge is 0.251 e. The lowest BCUT2D eigenvalue weighted by Gasteiger charge is -2.21. The van der Waals surface area contributed by atoms with Crippen LogP contribution in [0.15, 0.2) is 76.2 Å². The number of nitrogens with zero attached hydrogens (tertiary/aromatic N) is 1. The van der Waals surface area contributed by atoms with Crippen molar-refractivity contribution in [1.29, 1.82) is 0 Å². The minimum absolute atomic E-state index is 0.0605. The highest BCUT2D eigenvalue weighted by Crippen LogP contribution is 2.20. The largest absolute Gasteiger partial charge is 0.468 e. The fourth-order valence-corrected chi connectivity index (χ4v) is 4.15. The second kappa shape index (κ2) is 10.9. The summed E-state index contributed by atoms with van der Waals surface area (Å²) in [5.41, 5.74) is 1.99. The van der Waals surface area contributed by atoms with Gasteiger partial charge in [0.25, 0.3) is 5.91 Å². The second-order valence-corrected chi connectivity index (χ2v) is 10.2.